The van der Waals surface area contributed by atoms with Gasteiger partial charge >= 0.3 is 0 Å². The van der Waals surface area contributed by atoms with Crippen LogP contribution in [0.3, 0.4) is 0 Å². The largest absolute Gasteiger partial charge is 0.486 e. The van der Waals surface area contributed by atoms with E-state index in [2.05, 4.69) is 37.2 Å². The van der Waals surface area contributed by atoms with Gasteiger partial charge in [-0.05, 0) is 105 Å². The number of amides is 3. The molecule has 0 saturated carbocycles. The van der Waals surface area contributed by atoms with Crippen LogP contribution in [-0.4, -0.2) is 28.5 Å². The zero-order chi connectivity index (χ0) is 26.7. The molecule has 1 heterocycles. The van der Waals surface area contributed by atoms with Gasteiger partial charge in [-0.1, -0.05) is 41.9 Å². The quantitative estimate of drug-likeness (QED) is 0.262. The van der Waals surface area contributed by atoms with E-state index in [0.717, 1.165) is 33.4 Å². The molecule has 10 heteroatoms. The van der Waals surface area contributed by atoms with Crippen molar-refractivity contribution in [3.63, 3.8) is 0 Å². The Kier molecular flexibility index (Phi) is 8.79. The number of aryl methyl sites for hydroxylation is 1. The minimum absolute atomic E-state index is 0.230. The van der Waals surface area contributed by atoms with Crippen molar-refractivity contribution in [3.05, 3.63) is 95.7 Å². The minimum atomic E-state index is -0.516. The van der Waals surface area contributed by atoms with Crippen molar-refractivity contribution in [2.24, 2.45) is 0 Å². The molecule has 4 rings (SSSR count). The van der Waals surface area contributed by atoms with Gasteiger partial charge in [-0.15, -0.1) is 0 Å². The molecule has 0 spiro atoms. The number of imide groups is 1. The first-order valence-corrected chi connectivity index (χ1v) is 13.9. The van der Waals surface area contributed by atoms with Gasteiger partial charge in [-0.2, -0.15) is 0 Å². The summed E-state index contributed by atoms with van der Waals surface area (Å²) < 4.78 is 7.26. The zero-order valence-electron chi connectivity index (χ0n) is 19.8. The molecule has 0 unspecified atom stereocenters. The van der Waals surface area contributed by atoms with Crippen molar-refractivity contribution < 1.29 is 19.1 Å². The third-order valence-electron chi connectivity index (χ3n) is 5.70. The third kappa shape index (κ3) is 6.46. The van der Waals surface area contributed by atoms with Crippen LogP contribution < -0.4 is 10.1 Å². The predicted molar refractivity (Wildman–Crippen MR) is 155 cm³/mol. The van der Waals surface area contributed by atoms with Gasteiger partial charge in [0.2, 0.25) is 5.91 Å². The Hall–Kier alpha value is -2.59. The van der Waals surface area contributed by atoms with Crippen LogP contribution in [0.25, 0.3) is 6.08 Å². The van der Waals surface area contributed by atoms with Crippen molar-refractivity contribution in [1.82, 2.24) is 4.90 Å². The molecule has 190 valence electrons. The summed E-state index contributed by atoms with van der Waals surface area (Å²) in [6, 6.07) is 16.6. The van der Waals surface area contributed by atoms with Crippen molar-refractivity contribution >= 4 is 84.0 Å². The number of hydrogen-bond acceptors (Lipinski definition) is 5. The van der Waals surface area contributed by atoms with Crippen molar-refractivity contribution in [2.75, 3.05) is 11.9 Å². The first kappa shape index (κ1) is 27.4. The van der Waals surface area contributed by atoms with E-state index < -0.39 is 17.1 Å². The van der Waals surface area contributed by atoms with Gasteiger partial charge in [0, 0.05) is 16.3 Å². The monoisotopic (exact) mass is 662 g/mol. The Morgan fingerprint density at radius 1 is 1.08 bits per heavy atom. The Bertz CT molecular complexity index is 1420. The Morgan fingerprint density at radius 3 is 2.49 bits per heavy atom. The molecule has 1 fully saturated rings. The van der Waals surface area contributed by atoms with Crippen LogP contribution in [-0.2, 0) is 16.2 Å². The Labute approximate surface area is 240 Å². The standard InChI is InChI=1S/C27H21Br2ClN2O4S/c1-15-6-5-9-22(16(15)2)31-24(33)13-32-26(34)23(37-27(32)35)12-17-10-19(28)25(20(29)11-17)36-14-18-7-3-4-8-21(18)30/h3-12H,13-14H2,1-2H3,(H,31,33)/b23-12+. The summed E-state index contributed by atoms with van der Waals surface area (Å²) in [6.07, 6.45) is 1.61. The van der Waals surface area contributed by atoms with E-state index in [4.69, 9.17) is 16.3 Å². The molecule has 0 atom stereocenters. The lowest BCUT2D eigenvalue weighted by Gasteiger charge is -2.14. The Morgan fingerprint density at radius 2 is 1.78 bits per heavy atom. The maximum Gasteiger partial charge on any atom is 0.294 e. The molecule has 0 radical (unpaired) electrons. The number of thioether (sulfide) groups is 1. The topological polar surface area (TPSA) is 75.7 Å². The van der Waals surface area contributed by atoms with Crippen LogP contribution in [0.4, 0.5) is 10.5 Å². The maximum atomic E-state index is 12.9. The fourth-order valence-electron chi connectivity index (χ4n) is 3.57. The molecular formula is C27H21Br2ClN2O4S. The van der Waals surface area contributed by atoms with Gasteiger partial charge in [0.15, 0.2) is 0 Å². The van der Waals surface area contributed by atoms with Gasteiger partial charge in [0.05, 0.1) is 13.9 Å². The van der Waals surface area contributed by atoms with Gasteiger partial charge in [-0.25, -0.2) is 0 Å². The first-order chi connectivity index (χ1) is 17.6. The van der Waals surface area contributed by atoms with Gasteiger partial charge in [0.25, 0.3) is 11.1 Å². The lowest BCUT2D eigenvalue weighted by atomic mass is 10.1. The average Bonchev–Trinajstić information content (AvgIpc) is 3.09. The van der Waals surface area contributed by atoms with Crippen molar-refractivity contribution in [1.29, 1.82) is 0 Å². The number of nitrogens with zero attached hydrogens (tertiary/aromatic N) is 1. The average molecular weight is 665 g/mol. The lowest BCUT2D eigenvalue weighted by Crippen LogP contribution is -2.36. The van der Waals surface area contributed by atoms with Gasteiger partial charge < -0.3 is 10.1 Å². The van der Waals surface area contributed by atoms with E-state index in [0.29, 0.717) is 31.0 Å². The maximum absolute atomic E-state index is 12.9. The number of ether oxygens (including phenoxy) is 1. The SMILES string of the molecule is Cc1cccc(NC(=O)CN2C(=O)S/C(=C/c3cc(Br)c(OCc4ccccc4Cl)c(Br)c3)C2=O)c1C. The highest BCUT2D eigenvalue weighted by atomic mass is 79.9. The summed E-state index contributed by atoms with van der Waals surface area (Å²) in [7, 11) is 0. The molecule has 6 nitrogen and oxygen atoms in total. The number of anilines is 1. The number of nitrogens with one attached hydrogen (secondary N) is 1. The molecule has 3 amide bonds. The zero-order valence-corrected chi connectivity index (χ0v) is 24.6. The molecule has 37 heavy (non-hydrogen) atoms. The fourth-order valence-corrected chi connectivity index (χ4v) is 6.05. The molecule has 3 aromatic rings. The molecule has 0 aliphatic carbocycles. The molecule has 1 saturated heterocycles. The predicted octanol–water partition coefficient (Wildman–Crippen LogP) is 7.74. The van der Waals surface area contributed by atoms with Gasteiger partial charge in [-0.3, -0.25) is 19.3 Å². The molecule has 3 aromatic carbocycles. The molecular weight excluding hydrogens is 644 g/mol. The van der Waals surface area contributed by atoms with Crippen LogP contribution in [0.1, 0.15) is 22.3 Å². The molecule has 0 bridgehead atoms. The van der Waals surface area contributed by atoms with Crippen LogP contribution in [0.2, 0.25) is 5.02 Å². The summed E-state index contributed by atoms with van der Waals surface area (Å²) in [5.74, 6) is -0.381. The number of hydrogen-bond donors (Lipinski definition) is 1. The van der Waals surface area contributed by atoms with Crippen LogP contribution in [0.15, 0.2) is 68.4 Å². The number of benzene rings is 3. The molecule has 1 N–H and O–H groups in total. The second-order valence-electron chi connectivity index (χ2n) is 8.26. The van der Waals surface area contributed by atoms with Crippen LogP contribution in [0, 0.1) is 13.8 Å². The lowest BCUT2D eigenvalue weighted by molar-refractivity contribution is -0.127. The van der Waals surface area contributed by atoms with E-state index in [1.54, 1.807) is 30.3 Å². The fraction of sp³-hybridized carbons (Fsp3) is 0.148. The summed E-state index contributed by atoms with van der Waals surface area (Å²) >= 11 is 14.0. The smallest absolute Gasteiger partial charge is 0.294 e. The number of carbonyl (C=O) groups excluding carboxylic acids is 3. The second-order valence-corrected chi connectivity index (χ2v) is 11.4. The summed E-state index contributed by atoms with van der Waals surface area (Å²) in [5.41, 5.74) is 4.14. The summed E-state index contributed by atoms with van der Waals surface area (Å²) in [4.78, 5) is 39.2. The number of halogens is 3. The van der Waals surface area contributed by atoms with Crippen molar-refractivity contribution in [2.45, 2.75) is 20.5 Å². The summed E-state index contributed by atoms with van der Waals surface area (Å²) in [6.45, 7) is 3.76. The van der Waals surface area contributed by atoms with Crippen LogP contribution in [0.5, 0.6) is 5.75 Å². The highest BCUT2D eigenvalue weighted by Crippen LogP contribution is 2.38. The highest BCUT2D eigenvalue weighted by molar-refractivity contribution is 9.11. The Balaban J connectivity index is 1.45. The second kappa shape index (κ2) is 11.9. The summed E-state index contributed by atoms with van der Waals surface area (Å²) in [5, 5.41) is 2.90. The van der Waals surface area contributed by atoms with E-state index in [9.17, 15) is 14.4 Å². The molecule has 1 aliphatic heterocycles. The number of carbonyl (C=O) groups is 3. The van der Waals surface area contributed by atoms with Crippen molar-refractivity contribution in [3.8, 4) is 5.75 Å². The minimum Gasteiger partial charge on any atom is -0.486 e. The van der Waals surface area contributed by atoms with E-state index >= 15 is 0 Å². The molecule has 0 aromatic heterocycles. The van der Waals surface area contributed by atoms with E-state index in [1.807, 2.05) is 44.2 Å². The molecule has 1 aliphatic rings. The van der Waals surface area contributed by atoms with Crippen LogP contribution >= 0.6 is 55.2 Å². The normalized spacial score (nSPS) is 14.4. The first-order valence-electron chi connectivity index (χ1n) is 11.1. The van der Waals surface area contributed by atoms with Gasteiger partial charge in [0.1, 0.15) is 18.9 Å². The van der Waals surface area contributed by atoms with E-state index in [1.165, 1.54) is 0 Å². The van der Waals surface area contributed by atoms with E-state index in [-0.39, 0.29) is 18.1 Å². The number of rotatable bonds is 7. The third-order valence-corrected chi connectivity index (χ3v) is 8.16. The highest BCUT2D eigenvalue weighted by Gasteiger charge is 2.36.